The van der Waals surface area contributed by atoms with Gasteiger partial charge in [-0.15, -0.1) is 6.58 Å². The molecule has 0 aliphatic carbocycles. The van der Waals surface area contributed by atoms with Crippen molar-refractivity contribution in [1.29, 1.82) is 0 Å². The molecule has 0 aromatic heterocycles. The Bertz CT molecular complexity index is 331. The lowest BCUT2D eigenvalue weighted by Gasteiger charge is -2.38. The number of carboxylic acid groups (broad SMARTS) is 1. The molecule has 108 valence electrons. The van der Waals surface area contributed by atoms with E-state index in [0.29, 0.717) is 19.5 Å². The molecule has 1 aliphatic heterocycles. The fourth-order valence-electron chi connectivity index (χ4n) is 2.52. The summed E-state index contributed by atoms with van der Waals surface area (Å²) in [4.78, 5) is 26.7. The van der Waals surface area contributed by atoms with Gasteiger partial charge in [0.15, 0.2) is 0 Å². The Kier molecular flexibility index (Phi) is 6.39. The van der Waals surface area contributed by atoms with Gasteiger partial charge in [-0.2, -0.15) is 0 Å². The fraction of sp³-hybridized carbons (Fsp3) is 0.714. The number of urea groups is 1. The zero-order chi connectivity index (χ0) is 14.3. The van der Waals surface area contributed by atoms with Crippen LogP contribution in [0.4, 0.5) is 4.79 Å². The standard InChI is InChI=1S/C14H24N2O3/c1-3-10-15(4-2)14(19)16-11-6-5-7-12(16)8-9-13(17)18/h3,12H,1,4-11H2,2H3,(H,17,18). The first-order chi connectivity index (χ1) is 9.10. The number of carbonyl (C=O) groups is 2. The molecule has 0 spiro atoms. The second-order valence-corrected chi connectivity index (χ2v) is 4.89. The first-order valence-corrected chi connectivity index (χ1v) is 6.98. The van der Waals surface area contributed by atoms with Gasteiger partial charge >= 0.3 is 12.0 Å². The maximum atomic E-state index is 12.4. The van der Waals surface area contributed by atoms with Crippen LogP contribution in [0.5, 0.6) is 0 Å². The summed E-state index contributed by atoms with van der Waals surface area (Å²) in [5.41, 5.74) is 0. The molecule has 5 heteroatoms. The van der Waals surface area contributed by atoms with Crippen LogP contribution < -0.4 is 0 Å². The summed E-state index contributed by atoms with van der Waals surface area (Å²) in [6.07, 6.45) is 5.37. The van der Waals surface area contributed by atoms with Gasteiger partial charge < -0.3 is 14.9 Å². The minimum Gasteiger partial charge on any atom is -0.481 e. The van der Waals surface area contributed by atoms with Gasteiger partial charge in [0.25, 0.3) is 0 Å². The minimum absolute atomic E-state index is 0.0116. The predicted molar refractivity (Wildman–Crippen MR) is 74.1 cm³/mol. The number of carboxylic acids is 1. The first-order valence-electron chi connectivity index (χ1n) is 6.98. The van der Waals surface area contributed by atoms with Crippen LogP contribution in [0.2, 0.25) is 0 Å². The zero-order valence-electron chi connectivity index (χ0n) is 11.7. The largest absolute Gasteiger partial charge is 0.481 e. The molecule has 0 radical (unpaired) electrons. The molecule has 1 unspecified atom stereocenters. The van der Waals surface area contributed by atoms with Gasteiger partial charge in [-0.25, -0.2) is 4.79 Å². The van der Waals surface area contributed by atoms with Crippen LogP contribution in [0.1, 0.15) is 39.0 Å². The van der Waals surface area contributed by atoms with Crippen molar-refractivity contribution < 1.29 is 14.7 Å². The highest BCUT2D eigenvalue weighted by Crippen LogP contribution is 2.22. The van der Waals surface area contributed by atoms with E-state index in [1.165, 1.54) is 0 Å². The summed E-state index contributed by atoms with van der Waals surface area (Å²) < 4.78 is 0. The smallest absolute Gasteiger partial charge is 0.320 e. The molecule has 0 aromatic carbocycles. The van der Waals surface area contributed by atoms with Crippen molar-refractivity contribution in [2.75, 3.05) is 19.6 Å². The number of aliphatic carboxylic acids is 1. The molecule has 0 saturated carbocycles. The van der Waals surface area contributed by atoms with Crippen molar-refractivity contribution in [3.63, 3.8) is 0 Å². The number of piperidine rings is 1. The molecule has 2 amide bonds. The zero-order valence-corrected chi connectivity index (χ0v) is 11.7. The Morgan fingerprint density at radius 3 is 2.79 bits per heavy atom. The van der Waals surface area contributed by atoms with E-state index in [4.69, 9.17) is 5.11 Å². The molecule has 1 fully saturated rings. The van der Waals surface area contributed by atoms with Crippen LogP contribution in [0.3, 0.4) is 0 Å². The third kappa shape index (κ3) is 4.58. The van der Waals surface area contributed by atoms with Crippen molar-refractivity contribution in [2.24, 2.45) is 0 Å². The highest BCUT2D eigenvalue weighted by Gasteiger charge is 2.29. The maximum absolute atomic E-state index is 12.4. The molecular weight excluding hydrogens is 244 g/mol. The van der Waals surface area contributed by atoms with Gasteiger partial charge in [0.1, 0.15) is 0 Å². The molecule has 1 N–H and O–H groups in total. The van der Waals surface area contributed by atoms with Crippen LogP contribution in [-0.2, 0) is 4.79 Å². The molecule has 1 saturated heterocycles. The first kappa shape index (κ1) is 15.5. The highest BCUT2D eigenvalue weighted by atomic mass is 16.4. The second-order valence-electron chi connectivity index (χ2n) is 4.89. The van der Waals surface area contributed by atoms with E-state index in [9.17, 15) is 9.59 Å². The molecule has 1 heterocycles. The van der Waals surface area contributed by atoms with E-state index in [0.717, 1.165) is 25.8 Å². The van der Waals surface area contributed by atoms with Crippen LogP contribution in [-0.4, -0.2) is 52.6 Å². The summed E-state index contributed by atoms with van der Waals surface area (Å²) >= 11 is 0. The second kappa shape index (κ2) is 7.81. The number of amides is 2. The summed E-state index contributed by atoms with van der Waals surface area (Å²) in [6, 6.07) is 0.0775. The van der Waals surface area contributed by atoms with Crippen molar-refractivity contribution in [2.45, 2.75) is 45.1 Å². The van der Waals surface area contributed by atoms with Crippen molar-refractivity contribution in [3.05, 3.63) is 12.7 Å². The van der Waals surface area contributed by atoms with E-state index in [1.807, 2.05) is 11.8 Å². The fourth-order valence-corrected chi connectivity index (χ4v) is 2.52. The lowest BCUT2D eigenvalue weighted by molar-refractivity contribution is -0.137. The number of rotatable bonds is 6. The molecule has 1 rings (SSSR count). The van der Waals surface area contributed by atoms with E-state index >= 15 is 0 Å². The van der Waals surface area contributed by atoms with Gasteiger partial charge in [0.2, 0.25) is 0 Å². The van der Waals surface area contributed by atoms with E-state index in [-0.39, 0.29) is 18.5 Å². The lowest BCUT2D eigenvalue weighted by Crippen LogP contribution is -2.50. The molecule has 19 heavy (non-hydrogen) atoms. The average Bonchev–Trinajstić information content (AvgIpc) is 2.42. The Hall–Kier alpha value is -1.52. The third-order valence-corrected chi connectivity index (χ3v) is 3.57. The Labute approximate surface area is 114 Å². The minimum atomic E-state index is -0.795. The Morgan fingerprint density at radius 2 is 2.21 bits per heavy atom. The third-order valence-electron chi connectivity index (χ3n) is 3.57. The SMILES string of the molecule is C=CCN(CC)C(=O)N1CCCCC1CCC(=O)O. The number of hydrogen-bond donors (Lipinski definition) is 1. The average molecular weight is 268 g/mol. The molecule has 0 bridgehead atoms. The predicted octanol–water partition coefficient (Wildman–Crippen LogP) is 2.33. The number of hydrogen-bond acceptors (Lipinski definition) is 2. The number of nitrogens with zero attached hydrogens (tertiary/aromatic N) is 2. The number of likely N-dealkylation sites (tertiary alicyclic amines) is 1. The van der Waals surface area contributed by atoms with Crippen molar-refractivity contribution >= 4 is 12.0 Å². The Balaban J connectivity index is 2.66. The topological polar surface area (TPSA) is 60.9 Å². The maximum Gasteiger partial charge on any atom is 0.320 e. The number of likely N-dealkylation sites (N-methyl/N-ethyl adjacent to an activating group) is 1. The summed E-state index contributed by atoms with van der Waals surface area (Å²) in [7, 11) is 0. The Morgan fingerprint density at radius 1 is 1.47 bits per heavy atom. The quantitative estimate of drug-likeness (QED) is 0.752. The molecule has 1 aliphatic rings. The van der Waals surface area contributed by atoms with Crippen LogP contribution in [0, 0.1) is 0 Å². The van der Waals surface area contributed by atoms with E-state index in [2.05, 4.69) is 6.58 Å². The lowest BCUT2D eigenvalue weighted by atomic mass is 9.98. The van der Waals surface area contributed by atoms with Gasteiger partial charge in [0, 0.05) is 32.1 Å². The monoisotopic (exact) mass is 268 g/mol. The summed E-state index contributed by atoms with van der Waals surface area (Å²) in [5, 5.41) is 8.78. The molecule has 1 atom stereocenters. The summed E-state index contributed by atoms with van der Waals surface area (Å²) in [6.45, 7) is 7.52. The van der Waals surface area contributed by atoms with Gasteiger partial charge in [-0.1, -0.05) is 6.08 Å². The van der Waals surface area contributed by atoms with Gasteiger partial charge in [-0.3, -0.25) is 4.79 Å². The van der Waals surface area contributed by atoms with Crippen LogP contribution >= 0.6 is 0 Å². The normalized spacial score (nSPS) is 19.0. The highest BCUT2D eigenvalue weighted by molar-refractivity contribution is 5.75. The molecule has 0 aromatic rings. The molecular formula is C14H24N2O3. The van der Waals surface area contributed by atoms with E-state index in [1.54, 1.807) is 11.0 Å². The van der Waals surface area contributed by atoms with Gasteiger partial charge in [0.05, 0.1) is 0 Å². The van der Waals surface area contributed by atoms with Crippen LogP contribution in [0.15, 0.2) is 12.7 Å². The number of carbonyl (C=O) groups excluding carboxylic acids is 1. The van der Waals surface area contributed by atoms with Crippen molar-refractivity contribution in [3.8, 4) is 0 Å². The summed E-state index contributed by atoms with van der Waals surface area (Å²) in [5.74, 6) is -0.795. The molecule has 5 nitrogen and oxygen atoms in total. The van der Waals surface area contributed by atoms with E-state index < -0.39 is 5.97 Å². The van der Waals surface area contributed by atoms with Gasteiger partial charge in [-0.05, 0) is 32.6 Å². The van der Waals surface area contributed by atoms with Crippen LogP contribution in [0.25, 0.3) is 0 Å². The van der Waals surface area contributed by atoms with Crippen molar-refractivity contribution in [1.82, 2.24) is 9.80 Å².